The Labute approximate surface area is 125 Å². The lowest BCUT2D eigenvalue weighted by Gasteiger charge is -2.21. The molecule has 2 aromatic rings. The fourth-order valence-electron chi connectivity index (χ4n) is 2.45. The van der Waals surface area contributed by atoms with Crippen LogP contribution in [0.2, 0.25) is 5.02 Å². The summed E-state index contributed by atoms with van der Waals surface area (Å²) in [6, 6.07) is 4.07. The average Bonchev–Trinajstić information content (AvgIpc) is 2.85. The van der Waals surface area contributed by atoms with Gasteiger partial charge in [0.1, 0.15) is 0 Å². The van der Waals surface area contributed by atoms with E-state index in [0.29, 0.717) is 5.02 Å². The molecule has 0 aliphatic carbocycles. The summed E-state index contributed by atoms with van der Waals surface area (Å²) in [5.74, 6) is 0. The summed E-state index contributed by atoms with van der Waals surface area (Å²) in [6.45, 7) is 7.92. The molecule has 1 N–H and O–H groups in total. The molecule has 0 radical (unpaired) electrons. The molecule has 4 nitrogen and oxygen atoms in total. The number of nitrogens with zero attached hydrogens (tertiary/aromatic N) is 3. The average molecular weight is 293 g/mol. The zero-order valence-corrected chi connectivity index (χ0v) is 13.0. The third-order valence-corrected chi connectivity index (χ3v) is 3.69. The van der Waals surface area contributed by atoms with Crippen LogP contribution >= 0.6 is 11.6 Å². The molecule has 2 rings (SSSR count). The lowest BCUT2D eigenvalue weighted by atomic mass is 10.0. The Morgan fingerprint density at radius 2 is 2.15 bits per heavy atom. The molecule has 0 saturated carbocycles. The number of hydrogen-bond donors (Lipinski definition) is 1. The van der Waals surface area contributed by atoms with Crippen LogP contribution in [-0.4, -0.2) is 21.3 Å². The Kier molecular flexibility index (Phi) is 5.15. The molecule has 2 heterocycles. The standard InChI is InChI=1S/C15H21ClN4/c1-4-11-8-7-9-18-13(11)14(17-5-2)15-12(16)10-19-20(15)6-3/h7-10,14,17H,4-6H2,1-3H3. The summed E-state index contributed by atoms with van der Waals surface area (Å²) in [4.78, 5) is 4.58. The zero-order valence-electron chi connectivity index (χ0n) is 12.2. The van der Waals surface area contributed by atoms with Crippen molar-refractivity contribution in [2.75, 3.05) is 6.54 Å². The third kappa shape index (κ3) is 2.86. The van der Waals surface area contributed by atoms with Gasteiger partial charge in [0.25, 0.3) is 0 Å². The maximum atomic E-state index is 6.35. The molecule has 0 spiro atoms. The van der Waals surface area contributed by atoms with E-state index in [-0.39, 0.29) is 6.04 Å². The zero-order chi connectivity index (χ0) is 14.5. The molecule has 0 aliphatic rings. The van der Waals surface area contributed by atoms with Crippen LogP contribution in [0.5, 0.6) is 0 Å². The molecule has 108 valence electrons. The van der Waals surface area contributed by atoms with E-state index in [1.54, 1.807) is 6.20 Å². The first kappa shape index (κ1) is 15.0. The topological polar surface area (TPSA) is 42.7 Å². The molecule has 0 amide bonds. The van der Waals surface area contributed by atoms with Crippen molar-refractivity contribution in [2.45, 2.75) is 39.8 Å². The van der Waals surface area contributed by atoms with Crippen LogP contribution in [-0.2, 0) is 13.0 Å². The number of aromatic nitrogens is 3. The van der Waals surface area contributed by atoms with Crippen molar-refractivity contribution in [3.8, 4) is 0 Å². The Morgan fingerprint density at radius 3 is 2.80 bits per heavy atom. The van der Waals surface area contributed by atoms with Crippen LogP contribution < -0.4 is 5.32 Å². The van der Waals surface area contributed by atoms with Crippen LogP contribution in [0.4, 0.5) is 0 Å². The molecular weight excluding hydrogens is 272 g/mol. The van der Waals surface area contributed by atoms with Gasteiger partial charge in [0.05, 0.1) is 28.6 Å². The maximum Gasteiger partial charge on any atom is 0.0939 e. The summed E-state index contributed by atoms with van der Waals surface area (Å²) >= 11 is 6.35. The van der Waals surface area contributed by atoms with Gasteiger partial charge in [-0.15, -0.1) is 0 Å². The van der Waals surface area contributed by atoms with Gasteiger partial charge in [-0.2, -0.15) is 5.10 Å². The predicted octanol–water partition coefficient (Wildman–Crippen LogP) is 3.21. The Hall–Kier alpha value is -1.39. The molecular formula is C15H21ClN4. The second kappa shape index (κ2) is 6.86. The van der Waals surface area contributed by atoms with E-state index in [1.807, 2.05) is 16.9 Å². The number of rotatable bonds is 6. The van der Waals surface area contributed by atoms with E-state index in [4.69, 9.17) is 11.6 Å². The normalized spacial score (nSPS) is 12.6. The fraction of sp³-hybridized carbons (Fsp3) is 0.467. The minimum Gasteiger partial charge on any atom is -0.304 e. The van der Waals surface area contributed by atoms with E-state index >= 15 is 0 Å². The molecule has 5 heteroatoms. The first-order valence-corrected chi connectivity index (χ1v) is 7.49. The van der Waals surface area contributed by atoms with Crippen molar-refractivity contribution in [3.63, 3.8) is 0 Å². The highest BCUT2D eigenvalue weighted by molar-refractivity contribution is 6.31. The van der Waals surface area contributed by atoms with E-state index in [1.165, 1.54) is 5.56 Å². The van der Waals surface area contributed by atoms with E-state index in [2.05, 4.69) is 42.2 Å². The van der Waals surface area contributed by atoms with Gasteiger partial charge in [-0.05, 0) is 31.5 Å². The minimum absolute atomic E-state index is 0.0221. The van der Waals surface area contributed by atoms with Gasteiger partial charge >= 0.3 is 0 Å². The van der Waals surface area contributed by atoms with Crippen molar-refractivity contribution in [2.24, 2.45) is 0 Å². The number of halogens is 1. The van der Waals surface area contributed by atoms with Gasteiger partial charge in [-0.25, -0.2) is 0 Å². The largest absolute Gasteiger partial charge is 0.304 e. The smallest absolute Gasteiger partial charge is 0.0939 e. The molecule has 0 saturated heterocycles. The van der Waals surface area contributed by atoms with Crippen molar-refractivity contribution >= 4 is 11.6 Å². The van der Waals surface area contributed by atoms with Crippen molar-refractivity contribution < 1.29 is 0 Å². The molecule has 0 aromatic carbocycles. The number of aryl methyl sites for hydroxylation is 2. The van der Waals surface area contributed by atoms with E-state index in [0.717, 1.165) is 30.9 Å². The second-order valence-electron chi connectivity index (χ2n) is 4.59. The van der Waals surface area contributed by atoms with Gasteiger partial charge in [0, 0.05) is 12.7 Å². The molecule has 20 heavy (non-hydrogen) atoms. The van der Waals surface area contributed by atoms with Crippen LogP contribution in [0.1, 0.15) is 43.8 Å². The van der Waals surface area contributed by atoms with Crippen molar-refractivity contribution in [1.82, 2.24) is 20.1 Å². The highest BCUT2D eigenvalue weighted by Gasteiger charge is 2.23. The lowest BCUT2D eigenvalue weighted by molar-refractivity contribution is 0.532. The highest BCUT2D eigenvalue weighted by Crippen LogP contribution is 2.29. The summed E-state index contributed by atoms with van der Waals surface area (Å²) in [7, 11) is 0. The first-order chi connectivity index (χ1) is 9.72. The van der Waals surface area contributed by atoms with E-state index in [9.17, 15) is 0 Å². The number of hydrogen-bond acceptors (Lipinski definition) is 3. The quantitative estimate of drug-likeness (QED) is 0.889. The monoisotopic (exact) mass is 292 g/mol. The SMILES string of the molecule is CCNC(c1ncccc1CC)c1c(Cl)cnn1CC. The Balaban J connectivity index is 2.53. The molecule has 0 aliphatic heterocycles. The fourth-order valence-corrected chi connectivity index (χ4v) is 2.70. The van der Waals surface area contributed by atoms with Crippen LogP contribution in [0.25, 0.3) is 0 Å². The number of pyridine rings is 1. The Morgan fingerprint density at radius 1 is 1.35 bits per heavy atom. The molecule has 2 aromatic heterocycles. The summed E-state index contributed by atoms with van der Waals surface area (Å²) in [5, 5.41) is 8.50. The van der Waals surface area contributed by atoms with Gasteiger partial charge < -0.3 is 5.32 Å². The second-order valence-corrected chi connectivity index (χ2v) is 4.99. The van der Waals surface area contributed by atoms with Crippen molar-refractivity contribution in [1.29, 1.82) is 0 Å². The Bertz CT molecular complexity index is 565. The van der Waals surface area contributed by atoms with Gasteiger partial charge in [-0.1, -0.05) is 31.5 Å². The maximum absolute atomic E-state index is 6.35. The lowest BCUT2D eigenvalue weighted by Crippen LogP contribution is -2.27. The van der Waals surface area contributed by atoms with Crippen molar-refractivity contribution in [3.05, 3.63) is 46.5 Å². The molecule has 0 fully saturated rings. The first-order valence-electron chi connectivity index (χ1n) is 7.11. The molecule has 0 bridgehead atoms. The van der Waals surface area contributed by atoms with Gasteiger partial charge in [0.15, 0.2) is 0 Å². The van der Waals surface area contributed by atoms with Crippen LogP contribution in [0, 0.1) is 0 Å². The van der Waals surface area contributed by atoms with Crippen LogP contribution in [0.15, 0.2) is 24.5 Å². The predicted molar refractivity (Wildman–Crippen MR) is 82.0 cm³/mol. The molecule has 1 atom stereocenters. The van der Waals surface area contributed by atoms with E-state index < -0.39 is 0 Å². The van der Waals surface area contributed by atoms with Crippen LogP contribution in [0.3, 0.4) is 0 Å². The summed E-state index contributed by atoms with van der Waals surface area (Å²) in [5.41, 5.74) is 3.26. The van der Waals surface area contributed by atoms with Gasteiger partial charge in [-0.3, -0.25) is 9.67 Å². The molecule has 1 unspecified atom stereocenters. The summed E-state index contributed by atoms with van der Waals surface area (Å²) < 4.78 is 1.93. The number of nitrogens with one attached hydrogen (secondary N) is 1. The summed E-state index contributed by atoms with van der Waals surface area (Å²) in [6.07, 6.45) is 4.49. The van der Waals surface area contributed by atoms with Gasteiger partial charge in [0.2, 0.25) is 0 Å². The highest BCUT2D eigenvalue weighted by atomic mass is 35.5. The third-order valence-electron chi connectivity index (χ3n) is 3.39. The minimum atomic E-state index is -0.0221.